The molecule has 0 saturated carbocycles. The minimum absolute atomic E-state index is 0.139. The zero-order valence-corrected chi connectivity index (χ0v) is 13.4. The van der Waals surface area contributed by atoms with Gasteiger partial charge in [0.15, 0.2) is 0 Å². The monoisotopic (exact) mass is 322 g/mol. The van der Waals surface area contributed by atoms with Crippen LogP contribution in [0.1, 0.15) is 17.5 Å². The smallest absolute Gasteiger partial charge is 0.293 e. The summed E-state index contributed by atoms with van der Waals surface area (Å²) in [5.74, 6) is 0.506. The molecule has 1 aliphatic heterocycles. The zero-order chi connectivity index (χ0) is 16.5. The number of para-hydroxylation sites is 1. The molecular formula is C17H18N6O. The first-order chi connectivity index (χ1) is 11.7. The molecule has 0 N–H and O–H groups in total. The number of piperazine rings is 1. The molecule has 2 aromatic heterocycles. The Balaban J connectivity index is 1.51. The van der Waals surface area contributed by atoms with Gasteiger partial charge >= 0.3 is 0 Å². The van der Waals surface area contributed by atoms with Gasteiger partial charge in [0.25, 0.3) is 11.7 Å². The highest BCUT2D eigenvalue weighted by atomic mass is 16.2. The van der Waals surface area contributed by atoms with Crippen molar-refractivity contribution >= 4 is 17.4 Å². The van der Waals surface area contributed by atoms with Crippen LogP contribution >= 0.6 is 0 Å². The van der Waals surface area contributed by atoms with E-state index in [4.69, 9.17) is 0 Å². The predicted molar refractivity (Wildman–Crippen MR) is 89.9 cm³/mol. The third-order valence-corrected chi connectivity index (χ3v) is 4.31. The van der Waals surface area contributed by atoms with Crippen LogP contribution in [0.5, 0.6) is 0 Å². The fraction of sp³-hybridized carbons (Fsp3) is 0.294. The Morgan fingerprint density at radius 2 is 2.00 bits per heavy atom. The van der Waals surface area contributed by atoms with Gasteiger partial charge in [0.2, 0.25) is 5.82 Å². The van der Waals surface area contributed by atoms with Crippen molar-refractivity contribution in [2.24, 2.45) is 0 Å². The summed E-state index contributed by atoms with van der Waals surface area (Å²) in [5.41, 5.74) is 1.19. The van der Waals surface area contributed by atoms with Gasteiger partial charge in [0, 0.05) is 43.8 Å². The molecular weight excluding hydrogens is 304 g/mol. The lowest BCUT2D eigenvalue weighted by molar-refractivity contribution is 0.0714. The highest BCUT2D eigenvalue weighted by Crippen LogP contribution is 2.20. The van der Waals surface area contributed by atoms with Crippen LogP contribution < -0.4 is 4.90 Å². The van der Waals surface area contributed by atoms with Crippen LogP contribution in [0.15, 0.2) is 48.8 Å². The van der Waals surface area contributed by atoms with Crippen LogP contribution in [0.3, 0.4) is 0 Å². The second kappa shape index (κ2) is 5.92. The van der Waals surface area contributed by atoms with E-state index < -0.39 is 0 Å². The van der Waals surface area contributed by atoms with E-state index in [9.17, 15) is 4.79 Å². The number of hydrogen-bond donors (Lipinski definition) is 0. The van der Waals surface area contributed by atoms with Crippen molar-refractivity contribution in [1.29, 1.82) is 0 Å². The number of benzene rings is 1. The average Bonchev–Trinajstić information content (AvgIpc) is 3.06. The van der Waals surface area contributed by atoms with Crippen molar-refractivity contribution in [3.63, 3.8) is 0 Å². The van der Waals surface area contributed by atoms with Gasteiger partial charge < -0.3 is 9.80 Å². The Labute approximate surface area is 139 Å². The fourth-order valence-corrected chi connectivity index (χ4v) is 3.11. The number of fused-ring (bicyclic) bond motifs is 1. The fourth-order valence-electron chi connectivity index (χ4n) is 3.11. The van der Waals surface area contributed by atoms with E-state index in [-0.39, 0.29) is 17.8 Å². The lowest BCUT2D eigenvalue weighted by Gasteiger charge is -2.40. The Hall–Kier alpha value is -2.96. The molecule has 3 heterocycles. The van der Waals surface area contributed by atoms with Crippen LogP contribution in [0.4, 0.5) is 5.69 Å². The van der Waals surface area contributed by atoms with Crippen LogP contribution in [0, 0.1) is 0 Å². The molecule has 0 aliphatic carbocycles. The Bertz CT molecular complexity index is 829. The van der Waals surface area contributed by atoms with E-state index in [0.29, 0.717) is 18.9 Å². The molecule has 1 saturated heterocycles. The maximum absolute atomic E-state index is 12.7. The molecule has 0 radical (unpaired) electrons. The molecule has 1 aliphatic rings. The second-order valence-electron chi connectivity index (χ2n) is 5.93. The van der Waals surface area contributed by atoms with Crippen LogP contribution in [-0.4, -0.2) is 56.1 Å². The van der Waals surface area contributed by atoms with Gasteiger partial charge in [-0.3, -0.25) is 4.79 Å². The number of rotatable bonds is 2. The second-order valence-corrected chi connectivity index (χ2v) is 5.93. The van der Waals surface area contributed by atoms with Crippen molar-refractivity contribution in [3.8, 4) is 0 Å². The number of hydrogen-bond acceptors (Lipinski definition) is 5. The predicted octanol–water partition coefficient (Wildman–Crippen LogP) is 1.48. The molecule has 7 heteroatoms. The first-order valence-corrected chi connectivity index (χ1v) is 8.01. The maximum Gasteiger partial charge on any atom is 0.293 e. The molecule has 1 aromatic carbocycles. The van der Waals surface area contributed by atoms with E-state index in [2.05, 4.69) is 39.0 Å². The third kappa shape index (κ3) is 2.58. The number of carbonyl (C=O) groups is 1. The third-order valence-electron chi connectivity index (χ3n) is 4.31. The summed E-state index contributed by atoms with van der Waals surface area (Å²) in [7, 11) is 0. The van der Waals surface area contributed by atoms with Crippen molar-refractivity contribution < 1.29 is 4.79 Å². The standard InChI is InChI=1S/C17H18N6O/c1-13-12-21(10-11-22(13)14-6-3-2-4-7-14)16(24)15-19-17-18-8-5-9-23(17)20-15/h2-9,13H,10-12H2,1H3. The summed E-state index contributed by atoms with van der Waals surface area (Å²) in [5, 5.41) is 4.23. The number of nitrogens with zero attached hydrogens (tertiary/aromatic N) is 6. The minimum atomic E-state index is -0.139. The van der Waals surface area contributed by atoms with Gasteiger partial charge in [0.05, 0.1) is 0 Å². The van der Waals surface area contributed by atoms with Gasteiger partial charge in [-0.1, -0.05) is 18.2 Å². The molecule has 1 atom stereocenters. The number of amides is 1. The highest BCUT2D eigenvalue weighted by molar-refractivity contribution is 5.91. The van der Waals surface area contributed by atoms with E-state index in [0.717, 1.165) is 6.54 Å². The molecule has 0 bridgehead atoms. The minimum Gasteiger partial charge on any atom is -0.365 e. The molecule has 4 rings (SSSR count). The van der Waals surface area contributed by atoms with E-state index in [1.807, 2.05) is 23.1 Å². The first kappa shape index (κ1) is 14.6. The SMILES string of the molecule is CC1CN(C(=O)c2nc3ncccn3n2)CCN1c1ccccc1. The van der Waals surface area contributed by atoms with Gasteiger partial charge in [-0.2, -0.15) is 4.98 Å². The first-order valence-electron chi connectivity index (χ1n) is 8.01. The van der Waals surface area contributed by atoms with Gasteiger partial charge in [0.1, 0.15) is 0 Å². The molecule has 24 heavy (non-hydrogen) atoms. The van der Waals surface area contributed by atoms with Crippen molar-refractivity contribution in [2.75, 3.05) is 24.5 Å². The van der Waals surface area contributed by atoms with Crippen molar-refractivity contribution in [2.45, 2.75) is 13.0 Å². The largest absolute Gasteiger partial charge is 0.365 e. The Morgan fingerprint density at radius 3 is 2.75 bits per heavy atom. The molecule has 7 nitrogen and oxygen atoms in total. The van der Waals surface area contributed by atoms with Crippen molar-refractivity contribution in [1.82, 2.24) is 24.5 Å². The molecule has 0 spiro atoms. The lowest BCUT2D eigenvalue weighted by Crippen LogP contribution is -2.54. The van der Waals surface area contributed by atoms with Crippen LogP contribution in [0.25, 0.3) is 5.78 Å². The highest BCUT2D eigenvalue weighted by Gasteiger charge is 2.29. The zero-order valence-electron chi connectivity index (χ0n) is 13.4. The van der Waals surface area contributed by atoms with Gasteiger partial charge in [-0.25, -0.2) is 9.50 Å². The lowest BCUT2D eigenvalue weighted by atomic mass is 10.1. The molecule has 1 fully saturated rings. The van der Waals surface area contributed by atoms with Crippen molar-refractivity contribution in [3.05, 3.63) is 54.6 Å². The summed E-state index contributed by atoms with van der Waals surface area (Å²) in [4.78, 5) is 25.2. The van der Waals surface area contributed by atoms with Gasteiger partial charge in [-0.15, -0.1) is 5.10 Å². The van der Waals surface area contributed by atoms with Crippen LogP contribution in [0.2, 0.25) is 0 Å². The van der Waals surface area contributed by atoms with E-state index in [1.165, 1.54) is 10.2 Å². The molecule has 3 aromatic rings. The normalized spacial score (nSPS) is 18.1. The average molecular weight is 322 g/mol. The molecule has 122 valence electrons. The Kier molecular flexibility index (Phi) is 3.60. The maximum atomic E-state index is 12.7. The summed E-state index contributed by atoms with van der Waals surface area (Å²) >= 11 is 0. The number of aromatic nitrogens is 4. The topological polar surface area (TPSA) is 66.6 Å². The Morgan fingerprint density at radius 1 is 1.17 bits per heavy atom. The number of carbonyl (C=O) groups excluding carboxylic acids is 1. The summed E-state index contributed by atoms with van der Waals surface area (Å²) in [6, 6.07) is 12.3. The van der Waals surface area contributed by atoms with Crippen LogP contribution in [-0.2, 0) is 0 Å². The summed E-state index contributed by atoms with van der Waals surface area (Å²) < 4.78 is 1.52. The summed E-state index contributed by atoms with van der Waals surface area (Å²) in [6.45, 7) is 4.23. The molecule has 1 amide bonds. The quantitative estimate of drug-likeness (QED) is 0.715. The van der Waals surface area contributed by atoms with E-state index in [1.54, 1.807) is 18.5 Å². The molecule has 1 unspecified atom stereocenters. The number of anilines is 1. The summed E-state index contributed by atoms with van der Waals surface area (Å²) in [6.07, 6.45) is 3.38. The van der Waals surface area contributed by atoms with Gasteiger partial charge in [-0.05, 0) is 25.1 Å². The van der Waals surface area contributed by atoms with E-state index >= 15 is 0 Å².